The molecule has 1 aliphatic rings. The number of hydrogen-bond acceptors (Lipinski definition) is 1. The highest BCUT2D eigenvalue weighted by Crippen LogP contribution is 2.26. The van der Waals surface area contributed by atoms with Crippen LogP contribution >= 0.6 is 15.9 Å². The molecule has 0 radical (unpaired) electrons. The van der Waals surface area contributed by atoms with Gasteiger partial charge < -0.3 is 4.90 Å². The molecule has 2 nitrogen and oxygen atoms in total. The monoisotopic (exact) mass is 323 g/mol. The smallest absolute Gasteiger partial charge is 0.254 e. The Morgan fingerprint density at radius 3 is 2.68 bits per heavy atom. The third-order valence-electron chi connectivity index (χ3n) is 4.11. The molecule has 2 rings (SSSR count). The molecule has 1 unspecified atom stereocenters. The van der Waals surface area contributed by atoms with E-state index >= 15 is 0 Å². The summed E-state index contributed by atoms with van der Waals surface area (Å²) in [5.74, 6) is 1.65. The summed E-state index contributed by atoms with van der Waals surface area (Å²) in [6, 6.07) is 7.70. The Hall–Kier alpha value is -0.830. The van der Waals surface area contributed by atoms with E-state index < -0.39 is 0 Å². The van der Waals surface area contributed by atoms with Gasteiger partial charge >= 0.3 is 0 Å². The van der Waals surface area contributed by atoms with E-state index in [1.807, 2.05) is 29.2 Å². The van der Waals surface area contributed by atoms with Gasteiger partial charge in [0.1, 0.15) is 0 Å². The lowest BCUT2D eigenvalue weighted by Gasteiger charge is -2.22. The van der Waals surface area contributed by atoms with Crippen molar-refractivity contribution in [3.05, 3.63) is 34.3 Å². The van der Waals surface area contributed by atoms with Gasteiger partial charge in [0.15, 0.2) is 0 Å². The normalized spacial score (nSPS) is 20.4. The molecule has 3 heteroatoms. The summed E-state index contributed by atoms with van der Waals surface area (Å²) in [6.45, 7) is 6.36. The molecule has 19 heavy (non-hydrogen) atoms. The van der Waals surface area contributed by atoms with Gasteiger partial charge in [-0.25, -0.2) is 0 Å². The van der Waals surface area contributed by atoms with Crippen molar-refractivity contribution in [2.75, 3.05) is 13.1 Å². The van der Waals surface area contributed by atoms with E-state index in [1.54, 1.807) is 0 Å². The van der Waals surface area contributed by atoms with Crippen molar-refractivity contribution in [1.29, 1.82) is 0 Å². The maximum atomic E-state index is 12.5. The lowest BCUT2D eigenvalue weighted by Crippen LogP contribution is -2.32. The predicted octanol–water partition coefficient (Wildman–Crippen LogP) is 4.35. The minimum atomic E-state index is 0.164. The second-order valence-corrected chi connectivity index (χ2v) is 6.56. The lowest BCUT2D eigenvalue weighted by molar-refractivity contribution is 0.0758. The quantitative estimate of drug-likeness (QED) is 0.792. The molecule has 1 aromatic carbocycles. The summed E-state index contributed by atoms with van der Waals surface area (Å²) in [4.78, 5) is 14.6. The van der Waals surface area contributed by atoms with Gasteiger partial charge in [-0.15, -0.1) is 0 Å². The van der Waals surface area contributed by atoms with Crippen molar-refractivity contribution < 1.29 is 4.79 Å². The van der Waals surface area contributed by atoms with Gasteiger partial charge in [-0.05, 0) is 59.2 Å². The number of likely N-dealkylation sites (tertiary alicyclic amines) is 1. The summed E-state index contributed by atoms with van der Waals surface area (Å²) in [6.07, 6.45) is 3.50. The molecule has 0 aliphatic carbocycles. The van der Waals surface area contributed by atoms with E-state index in [4.69, 9.17) is 0 Å². The standard InChI is InChI=1S/C16H22BrNO/c1-12(2)13-6-5-10-18(11-9-13)16(19)14-7-3-4-8-15(14)17/h3-4,7-8,12-13H,5-6,9-11H2,1-2H3. The van der Waals surface area contributed by atoms with Gasteiger partial charge in [0.25, 0.3) is 5.91 Å². The molecule has 0 aromatic heterocycles. The largest absolute Gasteiger partial charge is 0.339 e. The lowest BCUT2D eigenvalue weighted by atomic mass is 9.89. The van der Waals surface area contributed by atoms with E-state index in [-0.39, 0.29) is 5.91 Å². The molecule has 1 saturated heterocycles. The van der Waals surface area contributed by atoms with Crippen molar-refractivity contribution in [2.24, 2.45) is 11.8 Å². The Morgan fingerprint density at radius 1 is 1.26 bits per heavy atom. The summed E-state index contributed by atoms with van der Waals surface area (Å²) in [7, 11) is 0. The van der Waals surface area contributed by atoms with Crippen LogP contribution in [-0.4, -0.2) is 23.9 Å². The minimum absolute atomic E-state index is 0.164. The van der Waals surface area contributed by atoms with Crippen LogP contribution in [0, 0.1) is 11.8 Å². The molecule has 0 spiro atoms. The first-order valence-electron chi connectivity index (χ1n) is 7.13. The molecule has 1 fully saturated rings. The highest BCUT2D eigenvalue weighted by Gasteiger charge is 2.23. The number of benzene rings is 1. The zero-order valence-corrected chi connectivity index (χ0v) is 13.3. The van der Waals surface area contributed by atoms with Crippen molar-refractivity contribution in [2.45, 2.75) is 33.1 Å². The molecular formula is C16H22BrNO. The number of halogens is 1. The maximum absolute atomic E-state index is 12.5. The number of hydrogen-bond donors (Lipinski definition) is 0. The Labute approximate surface area is 124 Å². The first kappa shape index (κ1) is 14.6. The van der Waals surface area contributed by atoms with Gasteiger partial charge in [-0.3, -0.25) is 4.79 Å². The number of carbonyl (C=O) groups is 1. The molecule has 0 saturated carbocycles. The molecule has 1 aromatic rings. The topological polar surface area (TPSA) is 20.3 Å². The van der Waals surface area contributed by atoms with Crippen molar-refractivity contribution in [3.63, 3.8) is 0 Å². The van der Waals surface area contributed by atoms with E-state index in [9.17, 15) is 4.79 Å². The highest BCUT2D eigenvalue weighted by molar-refractivity contribution is 9.10. The van der Waals surface area contributed by atoms with Crippen molar-refractivity contribution >= 4 is 21.8 Å². The highest BCUT2D eigenvalue weighted by atomic mass is 79.9. The van der Waals surface area contributed by atoms with Crippen LogP contribution in [0.25, 0.3) is 0 Å². The number of carbonyl (C=O) groups excluding carboxylic acids is 1. The third kappa shape index (κ3) is 3.59. The van der Waals surface area contributed by atoms with Crippen molar-refractivity contribution in [1.82, 2.24) is 4.90 Å². The van der Waals surface area contributed by atoms with Gasteiger partial charge in [-0.1, -0.05) is 26.0 Å². The van der Waals surface area contributed by atoms with Crippen LogP contribution in [0.1, 0.15) is 43.5 Å². The molecule has 0 bridgehead atoms. The molecule has 1 amide bonds. The van der Waals surface area contributed by atoms with Crippen LogP contribution in [0.3, 0.4) is 0 Å². The van der Waals surface area contributed by atoms with Gasteiger partial charge in [0.2, 0.25) is 0 Å². The molecule has 1 aliphatic heterocycles. The fourth-order valence-electron chi connectivity index (χ4n) is 2.80. The van der Waals surface area contributed by atoms with Crippen LogP contribution in [0.5, 0.6) is 0 Å². The van der Waals surface area contributed by atoms with Crippen LogP contribution in [0.2, 0.25) is 0 Å². The molecule has 1 heterocycles. The minimum Gasteiger partial charge on any atom is -0.339 e. The third-order valence-corrected chi connectivity index (χ3v) is 4.80. The van der Waals surface area contributed by atoms with E-state index in [0.717, 1.165) is 47.8 Å². The Balaban J connectivity index is 2.06. The van der Waals surface area contributed by atoms with E-state index in [1.165, 1.54) is 6.42 Å². The zero-order valence-electron chi connectivity index (χ0n) is 11.7. The number of rotatable bonds is 2. The average Bonchev–Trinajstić information content (AvgIpc) is 2.64. The van der Waals surface area contributed by atoms with Crippen LogP contribution in [0.15, 0.2) is 28.7 Å². The average molecular weight is 324 g/mol. The maximum Gasteiger partial charge on any atom is 0.254 e. The summed E-state index contributed by atoms with van der Waals surface area (Å²) in [5.41, 5.74) is 0.783. The molecule has 1 atom stereocenters. The van der Waals surface area contributed by atoms with Gasteiger partial charge in [0.05, 0.1) is 5.56 Å². The summed E-state index contributed by atoms with van der Waals surface area (Å²) >= 11 is 3.47. The predicted molar refractivity (Wildman–Crippen MR) is 82.2 cm³/mol. The fraction of sp³-hybridized carbons (Fsp3) is 0.562. The molecular weight excluding hydrogens is 302 g/mol. The number of nitrogens with zero attached hydrogens (tertiary/aromatic N) is 1. The first-order valence-corrected chi connectivity index (χ1v) is 7.92. The summed E-state index contributed by atoms with van der Waals surface area (Å²) < 4.78 is 0.893. The molecule has 0 N–H and O–H groups in total. The molecule has 104 valence electrons. The Bertz CT molecular complexity index is 444. The van der Waals surface area contributed by atoms with Crippen molar-refractivity contribution in [3.8, 4) is 0 Å². The Kier molecular flexibility index (Phi) is 5.03. The second kappa shape index (κ2) is 6.56. The van der Waals surface area contributed by atoms with Crippen LogP contribution < -0.4 is 0 Å². The fourth-order valence-corrected chi connectivity index (χ4v) is 3.25. The zero-order chi connectivity index (χ0) is 13.8. The Morgan fingerprint density at radius 2 is 2.00 bits per heavy atom. The van der Waals surface area contributed by atoms with Gasteiger partial charge in [0, 0.05) is 17.6 Å². The van der Waals surface area contributed by atoms with Gasteiger partial charge in [-0.2, -0.15) is 0 Å². The van der Waals surface area contributed by atoms with Crippen LogP contribution in [-0.2, 0) is 0 Å². The SMILES string of the molecule is CC(C)C1CCCN(C(=O)c2ccccc2Br)CC1. The first-order chi connectivity index (χ1) is 9.09. The van der Waals surface area contributed by atoms with E-state index in [0.29, 0.717) is 0 Å². The number of amides is 1. The van der Waals surface area contributed by atoms with Crippen LogP contribution in [0.4, 0.5) is 0 Å². The summed E-state index contributed by atoms with van der Waals surface area (Å²) in [5, 5.41) is 0. The van der Waals surface area contributed by atoms with E-state index in [2.05, 4.69) is 29.8 Å². The second-order valence-electron chi connectivity index (χ2n) is 5.71.